The van der Waals surface area contributed by atoms with E-state index < -0.39 is 17.9 Å². The van der Waals surface area contributed by atoms with Gasteiger partial charge in [-0.05, 0) is 23.7 Å². The lowest BCUT2D eigenvalue weighted by molar-refractivity contribution is -0.139. The Morgan fingerprint density at radius 2 is 1.50 bits per heavy atom. The van der Waals surface area contributed by atoms with Crippen molar-refractivity contribution in [2.75, 3.05) is 6.54 Å². The minimum Gasteiger partial charge on any atom is -0.481 e. The smallest absolute Gasteiger partial charge is 0.303 e. The number of amides is 2. The first-order chi connectivity index (χ1) is 9.84. The third-order valence-corrected chi connectivity index (χ3v) is 3.63. The van der Waals surface area contributed by atoms with Gasteiger partial charge in [-0.25, -0.2) is 0 Å². The fourth-order valence-electron chi connectivity index (χ4n) is 2.08. The lowest BCUT2D eigenvalue weighted by atomic mass is 9.76. The Balaban J connectivity index is 4.31. The number of nitrogens with one attached hydrogen (secondary N) is 1. The Morgan fingerprint density at radius 3 is 1.91 bits per heavy atom. The Kier molecular flexibility index (Phi) is 7.52. The molecule has 2 amide bonds. The van der Waals surface area contributed by atoms with Crippen molar-refractivity contribution in [3.05, 3.63) is 0 Å². The third-order valence-electron chi connectivity index (χ3n) is 3.63. The van der Waals surface area contributed by atoms with E-state index in [4.69, 9.17) is 16.6 Å². The van der Waals surface area contributed by atoms with Crippen LogP contribution in [0.3, 0.4) is 0 Å². The molecule has 7 heteroatoms. The number of hydrogen-bond acceptors (Lipinski definition) is 4. The molecule has 0 saturated carbocycles. The Morgan fingerprint density at radius 1 is 1.05 bits per heavy atom. The molecule has 0 radical (unpaired) electrons. The molecule has 1 atom stereocenters. The van der Waals surface area contributed by atoms with Gasteiger partial charge in [-0.1, -0.05) is 27.7 Å². The standard InChI is InChI=1S/C15H29N3O4/c1-14(2,5-6-15(3,4)8-12(20)21)7-11(19)18-9-10(16)13(17)22/h10H,5-9,16H2,1-4H3,(H2,17,22)(H,18,19)(H,20,21)/t10-/m1/s1. The molecule has 0 unspecified atom stereocenters. The summed E-state index contributed by atoms with van der Waals surface area (Å²) < 4.78 is 0. The molecule has 0 spiro atoms. The number of rotatable bonds is 10. The summed E-state index contributed by atoms with van der Waals surface area (Å²) >= 11 is 0. The number of carboxylic acid groups (broad SMARTS) is 1. The molecule has 0 bridgehead atoms. The van der Waals surface area contributed by atoms with E-state index in [-0.39, 0.29) is 36.1 Å². The van der Waals surface area contributed by atoms with E-state index in [2.05, 4.69) is 5.32 Å². The van der Waals surface area contributed by atoms with Crippen molar-refractivity contribution in [1.82, 2.24) is 5.32 Å². The summed E-state index contributed by atoms with van der Waals surface area (Å²) in [7, 11) is 0. The van der Waals surface area contributed by atoms with Crippen molar-refractivity contribution in [2.24, 2.45) is 22.3 Å². The highest BCUT2D eigenvalue weighted by atomic mass is 16.4. The first kappa shape index (κ1) is 20.4. The second kappa shape index (κ2) is 8.12. The summed E-state index contributed by atoms with van der Waals surface area (Å²) in [6.07, 6.45) is 1.81. The predicted octanol–water partition coefficient (Wildman–Crippen LogP) is 0.613. The van der Waals surface area contributed by atoms with Crippen LogP contribution in [0.4, 0.5) is 0 Å². The van der Waals surface area contributed by atoms with Crippen LogP contribution in [0.25, 0.3) is 0 Å². The van der Waals surface area contributed by atoms with Crippen LogP contribution in [-0.2, 0) is 14.4 Å². The van der Waals surface area contributed by atoms with Gasteiger partial charge in [0.05, 0.1) is 6.42 Å². The molecule has 0 aliphatic heterocycles. The van der Waals surface area contributed by atoms with Gasteiger partial charge in [-0.15, -0.1) is 0 Å². The molecular formula is C15H29N3O4. The van der Waals surface area contributed by atoms with E-state index in [0.29, 0.717) is 6.42 Å². The van der Waals surface area contributed by atoms with Crippen molar-refractivity contribution < 1.29 is 19.5 Å². The van der Waals surface area contributed by atoms with Crippen LogP contribution in [0.15, 0.2) is 0 Å². The van der Waals surface area contributed by atoms with Crippen LogP contribution in [0.5, 0.6) is 0 Å². The molecule has 0 aromatic heterocycles. The van der Waals surface area contributed by atoms with Gasteiger partial charge < -0.3 is 21.9 Å². The van der Waals surface area contributed by atoms with Gasteiger partial charge in [0.15, 0.2) is 0 Å². The Hall–Kier alpha value is -1.63. The molecule has 22 heavy (non-hydrogen) atoms. The van der Waals surface area contributed by atoms with E-state index in [0.717, 1.165) is 6.42 Å². The van der Waals surface area contributed by atoms with Crippen LogP contribution in [0.2, 0.25) is 0 Å². The quantitative estimate of drug-likeness (QED) is 0.468. The number of nitrogens with two attached hydrogens (primary N) is 2. The predicted molar refractivity (Wildman–Crippen MR) is 83.8 cm³/mol. The van der Waals surface area contributed by atoms with Gasteiger partial charge >= 0.3 is 5.97 Å². The van der Waals surface area contributed by atoms with Gasteiger partial charge in [-0.3, -0.25) is 14.4 Å². The van der Waals surface area contributed by atoms with Crippen molar-refractivity contribution in [2.45, 2.75) is 59.4 Å². The summed E-state index contributed by atoms with van der Waals surface area (Å²) in [6, 6.07) is -0.887. The fourth-order valence-corrected chi connectivity index (χ4v) is 2.08. The molecule has 0 fully saturated rings. The maximum absolute atomic E-state index is 11.9. The van der Waals surface area contributed by atoms with Crippen molar-refractivity contribution in [3.8, 4) is 0 Å². The lowest BCUT2D eigenvalue weighted by Gasteiger charge is -2.30. The van der Waals surface area contributed by atoms with Crippen LogP contribution in [-0.4, -0.2) is 35.5 Å². The Labute approximate surface area is 131 Å². The molecule has 0 rings (SSSR count). The minimum absolute atomic E-state index is 0.0226. The summed E-state index contributed by atoms with van der Waals surface area (Å²) in [4.78, 5) is 33.5. The van der Waals surface area contributed by atoms with Crippen molar-refractivity contribution in [1.29, 1.82) is 0 Å². The summed E-state index contributed by atoms with van der Waals surface area (Å²) in [5, 5.41) is 11.5. The van der Waals surface area contributed by atoms with E-state index in [1.807, 2.05) is 27.7 Å². The molecule has 7 nitrogen and oxygen atoms in total. The zero-order valence-electron chi connectivity index (χ0n) is 13.9. The molecule has 0 aliphatic rings. The highest BCUT2D eigenvalue weighted by Gasteiger charge is 2.28. The molecule has 0 aromatic carbocycles. The lowest BCUT2D eigenvalue weighted by Crippen LogP contribution is -2.46. The van der Waals surface area contributed by atoms with Crippen molar-refractivity contribution >= 4 is 17.8 Å². The van der Waals surface area contributed by atoms with Gasteiger partial charge in [0, 0.05) is 13.0 Å². The van der Waals surface area contributed by atoms with E-state index >= 15 is 0 Å². The highest BCUT2D eigenvalue weighted by molar-refractivity contribution is 5.81. The van der Waals surface area contributed by atoms with Crippen LogP contribution >= 0.6 is 0 Å². The van der Waals surface area contributed by atoms with Crippen LogP contribution < -0.4 is 16.8 Å². The molecule has 0 aliphatic carbocycles. The molecular weight excluding hydrogens is 286 g/mol. The van der Waals surface area contributed by atoms with Crippen molar-refractivity contribution in [3.63, 3.8) is 0 Å². The number of carbonyl (C=O) groups is 3. The monoisotopic (exact) mass is 315 g/mol. The maximum atomic E-state index is 11.9. The summed E-state index contributed by atoms with van der Waals surface area (Å²) in [5.41, 5.74) is 9.89. The first-order valence-corrected chi connectivity index (χ1v) is 7.38. The van der Waals surface area contributed by atoms with Crippen LogP contribution in [0.1, 0.15) is 53.4 Å². The summed E-state index contributed by atoms with van der Waals surface area (Å²) in [6.45, 7) is 7.75. The van der Waals surface area contributed by atoms with Gasteiger partial charge in [0.1, 0.15) is 6.04 Å². The second-order valence-corrected chi connectivity index (χ2v) is 7.39. The Bertz CT molecular complexity index is 419. The average Bonchev–Trinajstić information content (AvgIpc) is 2.31. The minimum atomic E-state index is -0.887. The molecule has 0 aromatic rings. The number of primary amides is 1. The summed E-state index contributed by atoms with van der Waals surface area (Å²) in [5.74, 6) is -1.67. The third kappa shape index (κ3) is 9.33. The SMILES string of the molecule is CC(C)(CCC(C)(C)CC(=O)NC[C@@H](N)C(N)=O)CC(=O)O. The fraction of sp³-hybridized carbons (Fsp3) is 0.800. The topological polar surface area (TPSA) is 136 Å². The average molecular weight is 315 g/mol. The van der Waals surface area contributed by atoms with Gasteiger partial charge in [-0.2, -0.15) is 0 Å². The van der Waals surface area contributed by atoms with Gasteiger partial charge in [0.25, 0.3) is 0 Å². The van der Waals surface area contributed by atoms with E-state index in [1.165, 1.54) is 0 Å². The van der Waals surface area contributed by atoms with E-state index in [9.17, 15) is 14.4 Å². The number of hydrogen-bond donors (Lipinski definition) is 4. The van der Waals surface area contributed by atoms with Crippen LogP contribution in [0, 0.1) is 10.8 Å². The number of carboxylic acids is 1. The zero-order valence-corrected chi connectivity index (χ0v) is 13.9. The zero-order chi connectivity index (χ0) is 17.6. The molecule has 128 valence electrons. The highest BCUT2D eigenvalue weighted by Crippen LogP contribution is 2.35. The largest absolute Gasteiger partial charge is 0.481 e. The van der Waals surface area contributed by atoms with E-state index in [1.54, 1.807) is 0 Å². The molecule has 0 saturated heterocycles. The molecule has 0 heterocycles. The van der Waals surface area contributed by atoms with Gasteiger partial charge in [0.2, 0.25) is 11.8 Å². The normalized spacial score (nSPS) is 13.5. The number of carbonyl (C=O) groups excluding carboxylic acids is 2. The second-order valence-electron chi connectivity index (χ2n) is 7.39. The first-order valence-electron chi connectivity index (χ1n) is 7.38. The molecule has 6 N–H and O–H groups in total. The number of aliphatic carboxylic acids is 1. The maximum Gasteiger partial charge on any atom is 0.303 e.